The van der Waals surface area contributed by atoms with Crippen LogP contribution in [0.2, 0.25) is 5.02 Å². The van der Waals surface area contributed by atoms with Crippen LogP contribution in [0, 0.1) is 5.92 Å². The van der Waals surface area contributed by atoms with Crippen LogP contribution in [0.4, 0.5) is 5.69 Å². The second-order valence-electron chi connectivity index (χ2n) is 5.41. The predicted molar refractivity (Wildman–Crippen MR) is 81.8 cm³/mol. The number of piperidine rings is 1. The summed E-state index contributed by atoms with van der Waals surface area (Å²) in [5.41, 5.74) is 6.62. The molecule has 3 N–H and O–H groups in total. The van der Waals surface area contributed by atoms with E-state index in [0.717, 1.165) is 31.6 Å². The number of aliphatic carboxylic acids is 1. The topological polar surface area (TPSA) is 83.6 Å². The first kappa shape index (κ1) is 15.6. The van der Waals surface area contributed by atoms with Gasteiger partial charge in [-0.25, -0.2) is 0 Å². The summed E-state index contributed by atoms with van der Waals surface area (Å²) in [5.74, 6) is -0.942. The van der Waals surface area contributed by atoms with E-state index in [1.165, 1.54) is 0 Å². The Labute approximate surface area is 128 Å². The molecule has 1 aromatic carbocycles. The Bertz CT molecular complexity index is 548. The van der Waals surface area contributed by atoms with Crippen LogP contribution in [0.5, 0.6) is 0 Å². The number of carbonyl (C=O) groups excluding carboxylic acids is 1. The van der Waals surface area contributed by atoms with Gasteiger partial charge in [0.05, 0.1) is 5.56 Å². The molecule has 0 bridgehead atoms. The first-order valence-corrected chi connectivity index (χ1v) is 7.41. The first-order valence-electron chi connectivity index (χ1n) is 7.03. The fourth-order valence-electron chi connectivity index (χ4n) is 2.83. The number of carboxylic acids is 1. The molecule has 0 spiro atoms. The molecule has 1 unspecified atom stereocenters. The zero-order valence-corrected chi connectivity index (χ0v) is 12.5. The number of rotatable bonds is 5. The zero-order chi connectivity index (χ0) is 15.4. The summed E-state index contributed by atoms with van der Waals surface area (Å²) >= 11 is 5.92. The number of benzene rings is 1. The van der Waals surface area contributed by atoms with E-state index >= 15 is 0 Å². The Morgan fingerprint density at radius 3 is 2.86 bits per heavy atom. The number of hydrogen-bond donors (Lipinski definition) is 2. The average Bonchev–Trinajstić information content (AvgIpc) is 2.45. The van der Waals surface area contributed by atoms with Gasteiger partial charge >= 0.3 is 5.97 Å². The number of primary amides is 1. The van der Waals surface area contributed by atoms with Crippen LogP contribution in [0.25, 0.3) is 0 Å². The van der Waals surface area contributed by atoms with E-state index in [9.17, 15) is 9.59 Å². The van der Waals surface area contributed by atoms with E-state index in [1.54, 1.807) is 12.1 Å². The fourth-order valence-corrected chi connectivity index (χ4v) is 3.00. The third-order valence-electron chi connectivity index (χ3n) is 3.85. The third-order valence-corrected chi connectivity index (χ3v) is 4.09. The molecule has 1 heterocycles. The van der Waals surface area contributed by atoms with Gasteiger partial charge in [-0.2, -0.15) is 0 Å². The summed E-state index contributed by atoms with van der Waals surface area (Å²) in [4.78, 5) is 24.4. The summed E-state index contributed by atoms with van der Waals surface area (Å²) in [6.45, 7) is 1.58. The third kappa shape index (κ3) is 4.11. The van der Waals surface area contributed by atoms with Gasteiger partial charge in [0, 0.05) is 30.2 Å². The molecule has 0 aromatic heterocycles. The van der Waals surface area contributed by atoms with Crippen molar-refractivity contribution in [2.24, 2.45) is 11.7 Å². The minimum absolute atomic E-state index is 0.182. The maximum absolute atomic E-state index is 11.6. The Hall–Kier alpha value is -1.75. The lowest BCUT2D eigenvalue weighted by atomic mass is 9.92. The summed E-state index contributed by atoms with van der Waals surface area (Å²) in [6, 6.07) is 5.13. The van der Waals surface area contributed by atoms with E-state index in [-0.39, 0.29) is 6.42 Å². The summed E-state index contributed by atoms with van der Waals surface area (Å²) in [6.07, 6.45) is 2.83. The molecule has 1 saturated heterocycles. The van der Waals surface area contributed by atoms with Gasteiger partial charge in [0.1, 0.15) is 0 Å². The van der Waals surface area contributed by atoms with Crippen molar-refractivity contribution in [1.29, 1.82) is 0 Å². The van der Waals surface area contributed by atoms with Crippen molar-refractivity contribution < 1.29 is 14.7 Å². The number of nitrogens with two attached hydrogens (primary N) is 1. The summed E-state index contributed by atoms with van der Waals surface area (Å²) in [7, 11) is 0. The number of nitrogens with zero attached hydrogens (tertiary/aromatic N) is 1. The molecule has 0 radical (unpaired) electrons. The van der Waals surface area contributed by atoms with Gasteiger partial charge < -0.3 is 15.7 Å². The quantitative estimate of drug-likeness (QED) is 0.875. The predicted octanol–water partition coefficient (Wildman–Crippen LogP) is 2.52. The smallest absolute Gasteiger partial charge is 0.303 e. The van der Waals surface area contributed by atoms with Crippen LogP contribution in [0.3, 0.4) is 0 Å². The molecule has 1 atom stereocenters. The number of carbonyl (C=O) groups is 2. The molecule has 1 aliphatic heterocycles. The van der Waals surface area contributed by atoms with Crippen molar-refractivity contribution >= 4 is 29.2 Å². The molecular formula is C15H19ClN2O3. The van der Waals surface area contributed by atoms with Gasteiger partial charge in [0.15, 0.2) is 0 Å². The first-order chi connectivity index (χ1) is 9.97. The molecule has 5 nitrogen and oxygen atoms in total. The molecular weight excluding hydrogens is 292 g/mol. The van der Waals surface area contributed by atoms with Gasteiger partial charge in [-0.1, -0.05) is 11.6 Å². The molecule has 21 heavy (non-hydrogen) atoms. The molecule has 1 amide bonds. The SMILES string of the molecule is NC(=O)c1cc(Cl)ccc1N1CCCC(CCC(=O)O)C1. The highest BCUT2D eigenvalue weighted by molar-refractivity contribution is 6.31. The lowest BCUT2D eigenvalue weighted by Gasteiger charge is -2.35. The van der Waals surface area contributed by atoms with Gasteiger partial charge in [-0.15, -0.1) is 0 Å². The fraction of sp³-hybridized carbons (Fsp3) is 0.467. The van der Waals surface area contributed by atoms with Gasteiger partial charge in [-0.05, 0) is 43.4 Å². The Balaban J connectivity index is 2.14. The number of amides is 1. The van der Waals surface area contributed by atoms with Crippen molar-refractivity contribution in [3.05, 3.63) is 28.8 Å². The van der Waals surface area contributed by atoms with Crippen LogP contribution >= 0.6 is 11.6 Å². The molecule has 0 aliphatic carbocycles. The van der Waals surface area contributed by atoms with E-state index in [4.69, 9.17) is 22.4 Å². The molecule has 0 saturated carbocycles. The van der Waals surface area contributed by atoms with E-state index in [1.807, 2.05) is 6.07 Å². The van der Waals surface area contributed by atoms with E-state index in [2.05, 4.69) is 4.90 Å². The van der Waals surface area contributed by atoms with Crippen molar-refractivity contribution in [2.45, 2.75) is 25.7 Å². The van der Waals surface area contributed by atoms with Gasteiger partial charge in [-0.3, -0.25) is 9.59 Å². The second kappa shape index (κ2) is 6.80. The van der Waals surface area contributed by atoms with Crippen LogP contribution in [0.15, 0.2) is 18.2 Å². The van der Waals surface area contributed by atoms with Gasteiger partial charge in [0.2, 0.25) is 0 Å². The highest BCUT2D eigenvalue weighted by Crippen LogP contribution is 2.29. The van der Waals surface area contributed by atoms with Crippen LogP contribution in [-0.4, -0.2) is 30.1 Å². The van der Waals surface area contributed by atoms with Crippen molar-refractivity contribution in [2.75, 3.05) is 18.0 Å². The van der Waals surface area contributed by atoms with Crippen molar-refractivity contribution in [3.8, 4) is 0 Å². The lowest BCUT2D eigenvalue weighted by molar-refractivity contribution is -0.137. The molecule has 114 valence electrons. The summed E-state index contributed by atoms with van der Waals surface area (Å²) in [5, 5.41) is 9.26. The van der Waals surface area contributed by atoms with Crippen LogP contribution < -0.4 is 10.6 Å². The lowest BCUT2D eigenvalue weighted by Crippen LogP contribution is -2.36. The molecule has 1 fully saturated rings. The van der Waals surface area contributed by atoms with E-state index in [0.29, 0.717) is 22.9 Å². The Kier molecular flexibility index (Phi) is 5.07. The zero-order valence-electron chi connectivity index (χ0n) is 11.7. The number of hydrogen-bond acceptors (Lipinski definition) is 3. The molecule has 1 aliphatic rings. The highest BCUT2D eigenvalue weighted by Gasteiger charge is 2.23. The standard InChI is InChI=1S/C15H19ClN2O3/c16-11-4-5-13(12(8-11)15(17)21)18-7-1-2-10(9-18)3-6-14(19)20/h4-5,8,10H,1-3,6-7,9H2,(H2,17,21)(H,19,20). The Morgan fingerprint density at radius 1 is 1.43 bits per heavy atom. The summed E-state index contributed by atoms with van der Waals surface area (Å²) < 4.78 is 0. The van der Waals surface area contributed by atoms with Crippen LogP contribution in [0.1, 0.15) is 36.0 Å². The highest BCUT2D eigenvalue weighted by atomic mass is 35.5. The maximum Gasteiger partial charge on any atom is 0.303 e. The minimum atomic E-state index is -0.767. The number of carboxylic acid groups (broad SMARTS) is 1. The molecule has 6 heteroatoms. The molecule has 1 aromatic rings. The average molecular weight is 311 g/mol. The van der Waals surface area contributed by atoms with Crippen molar-refractivity contribution in [3.63, 3.8) is 0 Å². The van der Waals surface area contributed by atoms with Gasteiger partial charge in [0.25, 0.3) is 5.91 Å². The number of halogens is 1. The molecule has 2 rings (SSSR count). The van der Waals surface area contributed by atoms with E-state index < -0.39 is 11.9 Å². The number of anilines is 1. The second-order valence-corrected chi connectivity index (χ2v) is 5.85. The Morgan fingerprint density at radius 2 is 2.19 bits per heavy atom. The monoisotopic (exact) mass is 310 g/mol. The normalized spacial score (nSPS) is 18.5. The van der Waals surface area contributed by atoms with Crippen molar-refractivity contribution in [1.82, 2.24) is 0 Å². The maximum atomic E-state index is 11.6. The largest absolute Gasteiger partial charge is 0.481 e. The van der Waals surface area contributed by atoms with Crippen LogP contribution in [-0.2, 0) is 4.79 Å². The minimum Gasteiger partial charge on any atom is -0.481 e.